The first-order chi connectivity index (χ1) is 9.56. The van der Waals surface area contributed by atoms with Gasteiger partial charge >= 0.3 is 0 Å². The van der Waals surface area contributed by atoms with Gasteiger partial charge in [-0.05, 0) is 17.7 Å². The number of nitriles is 1. The lowest BCUT2D eigenvalue weighted by atomic mass is 10.1. The molecule has 0 spiro atoms. The van der Waals surface area contributed by atoms with Crippen molar-refractivity contribution in [2.24, 2.45) is 0 Å². The first-order valence-corrected chi connectivity index (χ1v) is 6.30. The van der Waals surface area contributed by atoms with Gasteiger partial charge in [-0.25, -0.2) is 4.98 Å². The Hall–Kier alpha value is -2.03. The number of methoxy groups -OCH3 is 1. The van der Waals surface area contributed by atoms with Gasteiger partial charge in [0.15, 0.2) is 5.15 Å². The molecule has 0 aliphatic heterocycles. The van der Waals surface area contributed by atoms with Crippen molar-refractivity contribution in [1.82, 2.24) is 9.55 Å². The Morgan fingerprint density at radius 3 is 2.85 bits per heavy atom. The first-order valence-electron chi connectivity index (χ1n) is 5.54. The van der Waals surface area contributed by atoms with Gasteiger partial charge in [-0.2, -0.15) is 5.26 Å². The standard InChI is InChI=1S/C13H9Cl2N3O2/c1-20-10-3-2-8(4-9(10)5-16)6-18-7-17-12(15)11(14)13(18)19/h2-4,7H,6H2,1H3. The molecule has 5 nitrogen and oxygen atoms in total. The van der Waals surface area contributed by atoms with Gasteiger partial charge in [-0.3, -0.25) is 9.36 Å². The fourth-order valence-electron chi connectivity index (χ4n) is 1.69. The van der Waals surface area contributed by atoms with E-state index >= 15 is 0 Å². The minimum Gasteiger partial charge on any atom is -0.495 e. The van der Waals surface area contributed by atoms with Crippen molar-refractivity contribution in [3.8, 4) is 11.8 Å². The molecule has 0 N–H and O–H groups in total. The first kappa shape index (κ1) is 14.4. The maximum Gasteiger partial charge on any atom is 0.273 e. The minimum atomic E-state index is -0.430. The van der Waals surface area contributed by atoms with E-state index in [4.69, 9.17) is 33.2 Å². The normalized spacial score (nSPS) is 10.1. The van der Waals surface area contributed by atoms with Gasteiger partial charge in [-0.15, -0.1) is 0 Å². The number of benzene rings is 1. The van der Waals surface area contributed by atoms with Crippen molar-refractivity contribution in [3.05, 3.63) is 56.2 Å². The number of aromatic nitrogens is 2. The van der Waals surface area contributed by atoms with Crippen molar-refractivity contribution < 1.29 is 4.74 Å². The summed E-state index contributed by atoms with van der Waals surface area (Å²) in [5.41, 5.74) is 0.719. The zero-order valence-corrected chi connectivity index (χ0v) is 11.9. The van der Waals surface area contributed by atoms with Crippen LogP contribution in [0.4, 0.5) is 0 Å². The molecule has 20 heavy (non-hydrogen) atoms. The van der Waals surface area contributed by atoms with Crippen molar-refractivity contribution >= 4 is 23.2 Å². The van der Waals surface area contributed by atoms with Gasteiger partial charge in [-0.1, -0.05) is 29.3 Å². The zero-order valence-electron chi connectivity index (χ0n) is 10.4. The van der Waals surface area contributed by atoms with E-state index in [2.05, 4.69) is 4.98 Å². The minimum absolute atomic E-state index is 0.0274. The number of halogens is 2. The molecule has 0 atom stereocenters. The highest BCUT2D eigenvalue weighted by atomic mass is 35.5. The summed E-state index contributed by atoms with van der Waals surface area (Å²) in [6.45, 7) is 0.237. The Balaban J connectivity index is 2.39. The van der Waals surface area contributed by atoms with Crippen LogP contribution in [0.25, 0.3) is 0 Å². The molecule has 0 saturated carbocycles. The molecule has 2 rings (SSSR count). The maximum absolute atomic E-state index is 11.9. The van der Waals surface area contributed by atoms with Crippen molar-refractivity contribution in [3.63, 3.8) is 0 Å². The molecule has 0 saturated heterocycles. The number of nitrogens with zero attached hydrogens (tertiary/aromatic N) is 3. The van der Waals surface area contributed by atoms with E-state index in [9.17, 15) is 4.79 Å². The summed E-state index contributed by atoms with van der Waals surface area (Å²) in [5, 5.41) is 8.88. The van der Waals surface area contributed by atoms with E-state index in [1.807, 2.05) is 6.07 Å². The zero-order chi connectivity index (χ0) is 14.7. The Bertz CT molecular complexity index is 750. The summed E-state index contributed by atoms with van der Waals surface area (Å²) in [6, 6.07) is 7.11. The van der Waals surface area contributed by atoms with E-state index in [-0.39, 0.29) is 16.7 Å². The van der Waals surface area contributed by atoms with Gasteiger partial charge in [0.25, 0.3) is 5.56 Å². The molecule has 0 radical (unpaired) electrons. The highest BCUT2D eigenvalue weighted by Crippen LogP contribution is 2.19. The third-order valence-electron chi connectivity index (χ3n) is 2.68. The third kappa shape index (κ3) is 2.77. The lowest BCUT2D eigenvalue weighted by Gasteiger charge is -2.08. The van der Waals surface area contributed by atoms with Crippen molar-refractivity contribution in [2.75, 3.05) is 7.11 Å². The topological polar surface area (TPSA) is 67.9 Å². The second kappa shape index (κ2) is 5.95. The van der Waals surface area contributed by atoms with Gasteiger partial charge < -0.3 is 4.74 Å². The molecule has 2 aromatic rings. The highest BCUT2D eigenvalue weighted by molar-refractivity contribution is 6.40. The summed E-state index contributed by atoms with van der Waals surface area (Å²) in [7, 11) is 1.49. The second-order valence-corrected chi connectivity index (χ2v) is 4.66. The molecule has 1 aromatic heterocycles. The molecule has 7 heteroatoms. The van der Waals surface area contributed by atoms with Crippen LogP contribution in [0.15, 0.2) is 29.3 Å². The molecular weight excluding hydrogens is 301 g/mol. The van der Waals surface area contributed by atoms with Crippen LogP contribution in [0, 0.1) is 11.3 Å². The molecule has 1 aromatic carbocycles. The van der Waals surface area contributed by atoms with Crippen LogP contribution in [0.2, 0.25) is 10.2 Å². The lowest BCUT2D eigenvalue weighted by Crippen LogP contribution is -2.21. The summed E-state index contributed by atoms with van der Waals surface area (Å²) in [4.78, 5) is 15.7. The fourth-order valence-corrected chi connectivity index (χ4v) is 1.98. The average Bonchev–Trinajstić information content (AvgIpc) is 2.47. The van der Waals surface area contributed by atoms with Gasteiger partial charge in [0.2, 0.25) is 0 Å². The van der Waals surface area contributed by atoms with Crippen LogP contribution in [0.3, 0.4) is 0 Å². The Kier molecular flexibility index (Phi) is 4.28. The smallest absolute Gasteiger partial charge is 0.273 e. The van der Waals surface area contributed by atoms with Gasteiger partial charge in [0.05, 0.1) is 25.5 Å². The molecule has 0 fully saturated rings. The number of rotatable bonds is 3. The molecule has 0 bridgehead atoms. The molecular formula is C13H9Cl2N3O2. The second-order valence-electron chi connectivity index (χ2n) is 3.93. The van der Waals surface area contributed by atoms with Gasteiger partial charge in [0.1, 0.15) is 16.8 Å². The van der Waals surface area contributed by atoms with Crippen LogP contribution in [0.5, 0.6) is 5.75 Å². The molecule has 102 valence electrons. The maximum atomic E-state index is 11.9. The summed E-state index contributed by atoms with van der Waals surface area (Å²) >= 11 is 11.4. The van der Waals surface area contributed by atoms with Crippen LogP contribution in [-0.4, -0.2) is 16.7 Å². The Labute approximate surface area is 125 Å². The summed E-state index contributed by atoms with van der Waals surface area (Å²) in [6.07, 6.45) is 1.31. The van der Waals surface area contributed by atoms with E-state index in [1.165, 1.54) is 18.0 Å². The quantitative estimate of drug-likeness (QED) is 0.817. The van der Waals surface area contributed by atoms with E-state index in [0.717, 1.165) is 5.56 Å². The van der Waals surface area contributed by atoms with Crippen LogP contribution in [-0.2, 0) is 6.54 Å². The number of hydrogen-bond acceptors (Lipinski definition) is 4. The van der Waals surface area contributed by atoms with E-state index in [1.54, 1.807) is 18.2 Å². The largest absolute Gasteiger partial charge is 0.495 e. The average molecular weight is 310 g/mol. The SMILES string of the molecule is COc1ccc(Cn2cnc(Cl)c(Cl)c2=O)cc1C#N. The van der Waals surface area contributed by atoms with Crippen LogP contribution < -0.4 is 10.3 Å². The monoisotopic (exact) mass is 309 g/mol. The lowest BCUT2D eigenvalue weighted by molar-refractivity contribution is 0.413. The number of ether oxygens (including phenoxy) is 1. The number of hydrogen-bond donors (Lipinski definition) is 0. The fraction of sp³-hybridized carbons (Fsp3) is 0.154. The van der Waals surface area contributed by atoms with Crippen LogP contribution >= 0.6 is 23.2 Å². The van der Waals surface area contributed by atoms with E-state index < -0.39 is 5.56 Å². The highest BCUT2D eigenvalue weighted by Gasteiger charge is 2.09. The summed E-state index contributed by atoms with van der Waals surface area (Å²) < 4.78 is 6.37. The Morgan fingerprint density at radius 2 is 2.20 bits per heavy atom. The molecule has 0 amide bonds. The molecule has 0 unspecified atom stereocenters. The Morgan fingerprint density at radius 1 is 1.45 bits per heavy atom. The molecule has 1 heterocycles. The predicted molar refractivity (Wildman–Crippen MR) is 75.3 cm³/mol. The predicted octanol–water partition coefficient (Wildman–Crippen LogP) is 2.48. The van der Waals surface area contributed by atoms with Crippen molar-refractivity contribution in [1.29, 1.82) is 5.26 Å². The molecule has 0 aliphatic carbocycles. The van der Waals surface area contributed by atoms with Crippen molar-refractivity contribution in [2.45, 2.75) is 6.54 Å². The van der Waals surface area contributed by atoms with Gasteiger partial charge in [0, 0.05) is 0 Å². The third-order valence-corrected chi connectivity index (χ3v) is 3.40. The van der Waals surface area contributed by atoms with Crippen LogP contribution in [0.1, 0.15) is 11.1 Å². The van der Waals surface area contributed by atoms with E-state index in [0.29, 0.717) is 11.3 Å². The molecule has 0 aliphatic rings. The summed E-state index contributed by atoms with van der Waals surface area (Å²) in [5.74, 6) is 0.482.